The van der Waals surface area contributed by atoms with Gasteiger partial charge in [0.15, 0.2) is 0 Å². The number of aromatic nitrogens is 1. The highest BCUT2D eigenvalue weighted by Gasteiger charge is 2.12. The topological polar surface area (TPSA) is 54.1 Å². The first-order valence-electron chi connectivity index (χ1n) is 7.19. The van der Waals surface area contributed by atoms with Gasteiger partial charge in [0, 0.05) is 22.7 Å². The summed E-state index contributed by atoms with van der Waals surface area (Å²) in [6, 6.07) is 15.2. The molecule has 3 aromatic rings. The second-order valence-corrected chi connectivity index (χ2v) is 5.25. The number of rotatable bonds is 4. The fraction of sp³-hybridized carbons (Fsp3) is 0.167. The summed E-state index contributed by atoms with van der Waals surface area (Å²) < 4.78 is 5.14. The summed E-state index contributed by atoms with van der Waals surface area (Å²) in [7, 11) is 1.64. The van der Waals surface area contributed by atoms with Gasteiger partial charge in [0.2, 0.25) is 0 Å². The molecule has 1 atom stereocenters. The molecule has 4 nitrogen and oxygen atoms in total. The molecule has 4 heteroatoms. The lowest BCUT2D eigenvalue weighted by Crippen LogP contribution is -2.26. The van der Waals surface area contributed by atoms with Crippen LogP contribution in [0.1, 0.15) is 28.9 Å². The fourth-order valence-corrected chi connectivity index (χ4v) is 2.45. The minimum absolute atomic E-state index is 0.0691. The minimum Gasteiger partial charge on any atom is -0.497 e. The van der Waals surface area contributed by atoms with Crippen molar-refractivity contribution < 1.29 is 9.53 Å². The Kier molecular flexibility index (Phi) is 3.83. The Hall–Kier alpha value is -2.75. The van der Waals surface area contributed by atoms with Crippen molar-refractivity contribution in [3.63, 3.8) is 0 Å². The van der Waals surface area contributed by atoms with Crippen LogP contribution in [0.3, 0.4) is 0 Å². The average molecular weight is 294 g/mol. The Bertz CT molecular complexity index is 790. The van der Waals surface area contributed by atoms with Gasteiger partial charge >= 0.3 is 0 Å². The first-order valence-corrected chi connectivity index (χ1v) is 7.19. The van der Waals surface area contributed by atoms with Gasteiger partial charge in [-0.05, 0) is 48.9 Å². The van der Waals surface area contributed by atoms with E-state index in [1.165, 1.54) is 0 Å². The molecule has 2 aromatic carbocycles. The van der Waals surface area contributed by atoms with Gasteiger partial charge in [0.05, 0.1) is 13.2 Å². The number of fused-ring (bicyclic) bond motifs is 1. The van der Waals surface area contributed by atoms with Gasteiger partial charge in [-0.3, -0.25) is 4.79 Å². The molecule has 1 aromatic heterocycles. The third-order valence-corrected chi connectivity index (χ3v) is 3.78. The first kappa shape index (κ1) is 14.2. The zero-order chi connectivity index (χ0) is 15.5. The molecule has 0 saturated carbocycles. The zero-order valence-corrected chi connectivity index (χ0v) is 12.6. The normalized spacial score (nSPS) is 12.1. The van der Waals surface area contributed by atoms with Gasteiger partial charge in [-0.2, -0.15) is 0 Å². The van der Waals surface area contributed by atoms with Crippen molar-refractivity contribution in [3.8, 4) is 5.75 Å². The van der Waals surface area contributed by atoms with E-state index >= 15 is 0 Å². The maximum atomic E-state index is 12.4. The Labute approximate surface area is 129 Å². The van der Waals surface area contributed by atoms with E-state index in [0.717, 1.165) is 22.2 Å². The van der Waals surface area contributed by atoms with Gasteiger partial charge < -0.3 is 15.0 Å². The predicted octanol–water partition coefficient (Wildman–Crippen LogP) is 3.67. The standard InChI is InChI=1S/C18H18N2O2/c1-12(13-3-6-16(22-2)7-4-13)20-18(21)15-5-8-17-14(11-15)9-10-19-17/h3-12,19H,1-2H3,(H,20,21). The molecule has 0 radical (unpaired) electrons. The number of nitrogens with one attached hydrogen (secondary N) is 2. The molecular formula is C18H18N2O2. The van der Waals surface area contributed by atoms with Crippen LogP contribution in [0.25, 0.3) is 10.9 Å². The van der Waals surface area contributed by atoms with Crippen LogP contribution in [0.4, 0.5) is 0 Å². The lowest BCUT2D eigenvalue weighted by Gasteiger charge is -2.15. The number of amides is 1. The van der Waals surface area contributed by atoms with Gasteiger partial charge in [-0.1, -0.05) is 12.1 Å². The molecule has 22 heavy (non-hydrogen) atoms. The summed E-state index contributed by atoms with van der Waals surface area (Å²) >= 11 is 0. The smallest absolute Gasteiger partial charge is 0.251 e. The molecule has 0 saturated heterocycles. The Morgan fingerprint density at radius 2 is 1.91 bits per heavy atom. The first-order chi connectivity index (χ1) is 10.7. The van der Waals surface area contributed by atoms with E-state index in [0.29, 0.717) is 5.56 Å². The quantitative estimate of drug-likeness (QED) is 0.771. The van der Waals surface area contributed by atoms with E-state index in [2.05, 4.69) is 10.3 Å². The van der Waals surface area contributed by atoms with Crippen molar-refractivity contribution in [1.82, 2.24) is 10.3 Å². The molecule has 1 amide bonds. The van der Waals surface area contributed by atoms with E-state index in [1.807, 2.05) is 61.7 Å². The van der Waals surface area contributed by atoms with Crippen LogP contribution in [0, 0.1) is 0 Å². The van der Waals surface area contributed by atoms with E-state index in [1.54, 1.807) is 7.11 Å². The lowest BCUT2D eigenvalue weighted by atomic mass is 10.1. The molecule has 0 bridgehead atoms. The number of aromatic amines is 1. The fourth-order valence-electron chi connectivity index (χ4n) is 2.45. The summed E-state index contributed by atoms with van der Waals surface area (Å²) in [5, 5.41) is 4.05. The molecule has 0 aliphatic carbocycles. The van der Waals surface area contributed by atoms with Crippen molar-refractivity contribution in [1.29, 1.82) is 0 Å². The number of benzene rings is 2. The molecule has 3 rings (SSSR count). The molecule has 1 heterocycles. The summed E-state index contributed by atoms with van der Waals surface area (Å²) in [6.45, 7) is 1.97. The van der Waals surface area contributed by atoms with Gasteiger partial charge in [-0.15, -0.1) is 0 Å². The van der Waals surface area contributed by atoms with E-state index in [9.17, 15) is 4.79 Å². The highest BCUT2D eigenvalue weighted by atomic mass is 16.5. The summed E-state index contributed by atoms with van der Waals surface area (Å²) in [4.78, 5) is 15.5. The molecule has 112 valence electrons. The highest BCUT2D eigenvalue weighted by Crippen LogP contribution is 2.19. The molecular weight excluding hydrogens is 276 g/mol. The van der Waals surface area contributed by atoms with Crippen LogP contribution in [0.5, 0.6) is 5.75 Å². The Balaban J connectivity index is 1.74. The van der Waals surface area contributed by atoms with Crippen LogP contribution in [0.2, 0.25) is 0 Å². The number of carbonyl (C=O) groups excluding carboxylic acids is 1. The predicted molar refractivity (Wildman–Crippen MR) is 87.2 cm³/mol. The van der Waals surface area contributed by atoms with E-state index in [4.69, 9.17) is 4.74 Å². The number of H-pyrrole nitrogens is 1. The van der Waals surface area contributed by atoms with E-state index in [-0.39, 0.29) is 11.9 Å². The number of ether oxygens (including phenoxy) is 1. The van der Waals surface area contributed by atoms with Crippen molar-refractivity contribution >= 4 is 16.8 Å². The lowest BCUT2D eigenvalue weighted by molar-refractivity contribution is 0.0940. The summed E-state index contributed by atoms with van der Waals surface area (Å²) in [6.07, 6.45) is 1.87. The second-order valence-electron chi connectivity index (χ2n) is 5.25. The molecule has 0 fully saturated rings. The van der Waals surface area contributed by atoms with Crippen molar-refractivity contribution in [2.24, 2.45) is 0 Å². The van der Waals surface area contributed by atoms with Gasteiger partial charge in [-0.25, -0.2) is 0 Å². The maximum absolute atomic E-state index is 12.4. The zero-order valence-electron chi connectivity index (χ0n) is 12.6. The monoisotopic (exact) mass is 294 g/mol. The van der Waals surface area contributed by atoms with Crippen molar-refractivity contribution in [3.05, 3.63) is 65.9 Å². The largest absolute Gasteiger partial charge is 0.497 e. The maximum Gasteiger partial charge on any atom is 0.251 e. The molecule has 0 spiro atoms. The van der Waals surface area contributed by atoms with Crippen LogP contribution in [-0.4, -0.2) is 18.0 Å². The van der Waals surface area contributed by atoms with Gasteiger partial charge in [0.25, 0.3) is 5.91 Å². The molecule has 0 aliphatic rings. The number of methoxy groups -OCH3 is 1. The summed E-state index contributed by atoms with van der Waals surface area (Å²) in [5.41, 5.74) is 2.73. The average Bonchev–Trinajstić information content (AvgIpc) is 3.02. The highest BCUT2D eigenvalue weighted by molar-refractivity contribution is 5.98. The number of carbonyl (C=O) groups is 1. The number of hydrogen-bond donors (Lipinski definition) is 2. The third-order valence-electron chi connectivity index (χ3n) is 3.78. The SMILES string of the molecule is COc1ccc(C(C)NC(=O)c2ccc3[nH]ccc3c2)cc1. The number of hydrogen-bond acceptors (Lipinski definition) is 2. The van der Waals surface area contributed by atoms with E-state index < -0.39 is 0 Å². The molecule has 1 unspecified atom stereocenters. The Morgan fingerprint density at radius 3 is 2.64 bits per heavy atom. The molecule has 0 aliphatic heterocycles. The summed E-state index contributed by atoms with van der Waals surface area (Å²) in [5.74, 6) is 0.728. The Morgan fingerprint density at radius 1 is 1.14 bits per heavy atom. The molecule has 2 N–H and O–H groups in total. The van der Waals surface area contributed by atoms with Crippen LogP contribution < -0.4 is 10.1 Å². The third kappa shape index (κ3) is 2.81. The van der Waals surface area contributed by atoms with Gasteiger partial charge in [0.1, 0.15) is 5.75 Å². The van der Waals surface area contributed by atoms with Crippen LogP contribution >= 0.6 is 0 Å². The van der Waals surface area contributed by atoms with Crippen LogP contribution in [0.15, 0.2) is 54.7 Å². The van der Waals surface area contributed by atoms with Crippen molar-refractivity contribution in [2.45, 2.75) is 13.0 Å². The van der Waals surface area contributed by atoms with Crippen LogP contribution in [-0.2, 0) is 0 Å². The van der Waals surface area contributed by atoms with Crippen molar-refractivity contribution in [2.75, 3.05) is 7.11 Å². The minimum atomic E-state index is -0.0774. The second kappa shape index (κ2) is 5.93.